The summed E-state index contributed by atoms with van der Waals surface area (Å²) in [6.45, 7) is 1.89. The first-order chi connectivity index (χ1) is 12.1. The molecule has 0 heterocycles. The third-order valence-corrected chi connectivity index (χ3v) is 4.26. The highest BCUT2D eigenvalue weighted by Gasteiger charge is 2.16. The zero-order valence-electron chi connectivity index (χ0n) is 14.2. The van der Waals surface area contributed by atoms with Crippen LogP contribution in [0.3, 0.4) is 0 Å². The molecule has 0 saturated heterocycles. The lowest BCUT2D eigenvalue weighted by atomic mass is 9.97. The number of fused-ring (bicyclic) bond motifs is 1. The summed E-state index contributed by atoms with van der Waals surface area (Å²) >= 11 is 0. The number of hydrogen-bond donors (Lipinski definition) is 1. The van der Waals surface area contributed by atoms with Crippen LogP contribution in [0.1, 0.15) is 24.0 Å². The molecule has 0 aliphatic carbocycles. The molecule has 0 aliphatic rings. The summed E-state index contributed by atoms with van der Waals surface area (Å²) in [5.41, 5.74) is 2.41. The maximum absolute atomic E-state index is 12.6. The largest absolute Gasteiger partial charge is 0.497 e. The van der Waals surface area contributed by atoms with E-state index in [1.165, 1.54) is 0 Å². The average Bonchev–Trinajstić information content (AvgIpc) is 2.66. The number of carbonyl (C=O) groups is 1. The van der Waals surface area contributed by atoms with Crippen LogP contribution in [-0.4, -0.2) is 13.0 Å². The van der Waals surface area contributed by atoms with Gasteiger partial charge < -0.3 is 10.1 Å². The number of benzene rings is 3. The Bertz CT molecular complexity index is 969. The first kappa shape index (κ1) is 16.6. The molecule has 0 bridgehead atoms. The van der Waals surface area contributed by atoms with Crippen molar-refractivity contribution in [1.29, 1.82) is 0 Å². The Morgan fingerprint density at radius 2 is 1.84 bits per heavy atom. The Labute approximate surface area is 147 Å². The number of terminal acetylenes is 1. The highest BCUT2D eigenvalue weighted by atomic mass is 16.5. The molecule has 0 saturated carbocycles. The fourth-order valence-electron chi connectivity index (χ4n) is 2.73. The summed E-state index contributed by atoms with van der Waals surface area (Å²) in [6.07, 6.45) is 5.40. The summed E-state index contributed by atoms with van der Waals surface area (Å²) in [5.74, 6) is 3.04. The van der Waals surface area contributed by atoms with Gasteiger partial charge in [0.1, 0.15) is 5.75 Å². The van der Waals surface area contributed by atoms with Gasteiger partial charge in [0.25, 0.3) is 0 Å². The van der Waals surface area contributed by atoms with Gasteiger partial charge in [-0.3, -0.25) is 4.79 Å². The third-order valence-electron chi connectivity index (χ3n) is 4.26. The van der Waals surface area contributed by atoms with E-state index >= 15 is 0 Å². The number of amides is 1. The van der Waals surface area contributed by atoms with Gasteiger partial charge >= 0.3 is 0 Å². The van der Waals surface area contributed by atoms with Gasteiger partial charge in [0.05, 0.1) is 13.0 Å². The van der Waals surface area contributed by atoms with Crippen molar-refractivity contribution in [2.75, 3.05) is 12.4 Å². The van der Waals surface area contributed by atoms with Crippen LogP contribution in [0.4, 0.5) is 5.69 Å². The molecule has 3 nitrogen and oxygen atoms in total. The molecular formula is C22H19NO2. The maximum atomic E-state index is 12.6. The molecule has 0 unspecified atom stereocenters. The van der Waals surface area contributed by atoms with Crippen LogP contribution < -0.4 is 10.1 Å². The Morgan fingerprint density at radius 1 is 1.08 bits per heavy atom. The lowest BCUT2D eigenvalue weighted by Gasteiger charge is -2.14. The minimum absolute atomic E-state index is 0.0676. The SMILES string of the molecule is C#Cc1cccc(NC(=O)[C@@H](C)c2ccc3cc(OC)ccc3c2)c1. The smallest absolute Gasteiger partial charge is 0.231 e. The molecule has 0 aliphatic heterocycles. The topological polar surface area (TPSA) is 38.3 Å². The minimum atomic E-state index is -0.277. The van der Waals surface area contributed by atoms with Gasteiger partial charge in [-0.05, 0) is 53.6 Å². The molecule has 124 valence electrons. The molecular weight excluding hydrogens is 310 g/mol. The molecule has 3 aromatic rings. The van der Waals surface area contributed by atoms with Gasteiger partial charge in [-0.2, -0.15) is 0 Å². The molecule has 3 rings (SSSR count). The van der Waals surface area contributed by atoms with Crippen molar-refractivity contribution in [3.8, 4) is 18.1 Å². The van der Waals surface area contributed by atoms with Crippen LogP contribution in [0, 0.1) is 12.3 Å². The number of ether oxygens (including phenoxy) is 1. The first-order valence-corrected chi connectivity index (χ1v) is 8.06. The number of carbonyl (C=O) groups excluding carboxylic acids is 1. The van der Waals surface area contributed by atoms with Crippen molar-refractivity contribution >= 4 is 22.4 Å². The normalized spacial score (nSPS) is 11.6. The molecule has 0 spiro atoms. The van der Waals surface area contributed by atoms with Gasteiger partial charge in [0.15, 0.2) is 0 Å². The fourth-order valence-corrected chi connectivity index (χ4v) is 2.73. The van der Waals surface area contributed by atoms with E-state index in [9.17, 15) is 4.79 Å². The predicted molar refractivity (Wildman–Crippen MR) is 102 cm³/mol. The summed E-state index contributed by atoms with van der Waals surface area (Å²) in [7, 11) is 1.65. The predicted octanol–water partition coefficient (Wildman–Crippen LogP) is 4.57. The molecule has 0 aromatic heterocycles. The van der Waals surface area contributed by atoms with Gasteiger partial charge in [0.2, 0.25) is 5.91 Å². The molecule has 0 radical (unpaired) electrons. The second-order valence-corrected chi connectivity index (χ2v) is 5.91. The lowest BCUT2D eigenvalue weighted by molar-refractivity contribution is -0.117. The number of nitrogens with one attached hydrogen (secondary N) is 1. The van der Waals surface area contributed by atoms with Crippen molar-refractivity contribution in [3.63, 3.8) is 0 Å². The van der Waals surface area contributed by atoms with Gasteiger partial charge in [-0.25, -0.2) is 0 Å². The molecule has 3 aromatic carbocycles. The maximum Gasteiger partial charge on any atom is 0.231 e. The van der Waals surface area contributed by atoms with Crippen molar-refractivity contribution in [2.24, 2.45) is 0 Å². The molecule has 3 heteroatoms. The van der Waals surface area contributed by atoms with E-state index in [4.69, 9.17) is 11.2 Å². The monoisotopic (exact) mass is 329 g/mol. The Balaban J connectivity index is 1.81. The quantitative estimate of drug-likeness (QED) is 0.712. The van der Waals surface area contributed by atoms with Crippen molar-refractivity contribution < 1.29 is 9.53 Å². The lowest BCUT2D eigenvalue weighted by Crippen LogP contribution is -2.18. The molecule has 0 fully saturated rings. The Kier molecular flexibility index (Phi) is 4.72. The fraction of sp³-hybridized carbons (Fsp3) is 0.136. The summed E-state index contributed by atoms with van der Waals surface area (Å²) in [5, 5.41) is 5.08. The number of rotatable bonds is 4. The molecule has 25 heavy (non-hydrogen) atoms. The van der Waals surface area contributed by atoms with Crippen LogP contribution >= 0.6 is 0 Å². The van der Waals surface area contributed by atoms with Crippen LogP contribution in [-0.2, 0) is 4.79 Å². The summed E-state index contributed by atoms with van der Waals surface area (Å²) in [6, 6.07) is 19.2. The number of methoxy groups -OCH3 is 1. The second kappa shape index (κ2) is 7.11. The molecule has 1 N–H and O–H groups in total. The molecule has 1 atom stereocenters. The third kappa shape index (κ3) is 3.64. The zero-order valence-corrected chi connectivity index (χ0v) is 14.2. The van der Waals surface area contributed by atoms with Crippen LogP contribution in [0.15, 0.2) is 60.7 Å². The Morgan fingerprint density at radius 3 is 2.60 bits per heavy atom. The van der Waals surface area contributed by atoms with E-state index in [0.29, 0.717) is 5.69 Å². The minimum Gasteiger partial charge on any atom is -0.497 e. The van der Waals surface area contributed by atoms with E-state index in [2.05, 4.69) is 11.2 Å². The Hall–Kier alpha value is -3.25. The average molecular weight is 329 g/mol. The standard InChI is InChI=1S/C22H19NO2/c1-4-16-6-5-7-20(12-16)23-22(24)15(2)17-8-9-19-14-21(25-3)11-10-18(19)13-17/h1,5-15H,2-3H3,(H,23,24)/t15-/m0/s1. The van der Waals surface area contributed by atoms with Crippen molar-refractivity contribution in [1.82, 2.24) is 0 Å². The number of hydrogen-bond acceptors (Lipinski definition) is 2. The first-order valence-electron chi connectivity index (χ1n) is 8.06. The van der Waals surface area contributed by atoms with Gasteiger partial charge in [0, 0.05) is 11.3 Å². The van der Waals surface area contributed by atoms with Crippen molar-refractivity contribution in [3.05, 3.63) is 71.8 Å². The van der Waals surface area contributed by atoms with Gasteiger partial charge in [-0.1, -0.05) is 36.3 Å². The molecule has 1 amide bonds. The van der Waals surface area contributed by atoms with E-state index in [1.54, 1.807) is 13.2 Å². The van der Waals surface area contributed by atoms with E-state index in [1.807, 2.05) is 61.5 Å². The highest BCUT2D eigenvalue weighted by molar-refractivity contribution is 5.96. The van der Waals surface area contributed by atoms with E-state index in [-0.39, 0.29) is 11.8 Å². The van der Waals surface area contributed by atoms with Crippen LogP contribution in [0.5, 0.6) is 5.75 Å². The van der Waals surface area contributed by atoms with E-state index in [0.717, 1.165) is 27.6 Å². The van der Waals surface area contributed by atoms with Crippen LogP contribution in [0.2, 0.25) is 0 Å². The summed E-state index contributed by atoms with van der Waals surface area (Å²) in [4.78, 5) is 12.6. The second-order valence-electron chi connectivity index (χ2n) is 5.91. The van der Waals surface area contributed by atoms with Gasteiger partial charge in [-0.15, -0.1) is 6.42 Å². The highest BCUT2D eigenvalue weighted by Crippen LogP contribution is 2.26. The van der Waals surface area contributed by atoms with Crippen molar-refractivity contribution in [2.45, 2.75) is 12.8 Å². The summed E-state index contributed by atoms with van der Waals surface area (Å²) < 4.78 is 5.25. The zero-order chi connectivity index (χ0) is 17.8. The van der Waals surface area contributed by atoms with E-state index < -0.39 is 0 Å². The number of anilines is 1. The van der Waals surface area contributed by atoms with Crippen LogP contribution in [0.25, 0.3) is 10.8 Å².